The molecule has 2 amide bonds. The second-order valence-electron chi connectivity index (χ2n) is 9.48. The highest BCUT2D eigenvalue weighted by Crippen LogP contribution is 2.42. The fourth-order valence-corrected chi connectivity index (χ4v) is 4.24. The predicted molar refractivity (Wildman–Crippen MR) is 141 cm³/mol. The van der Waals surface area contributed by atoms with Crippen molar-refractivity contribution in [1.29, 1.82) is 0 Å². The highest BCUT2D eigenvalue weighted by Gasteiger charge is 2.32. The summed E-state index contributed by atoms with van der Waals surface area (Å²) in [7, 11) is 0. The van der Waals surface area contributed by atoms with Crippen LogP contribution in [-0.2, 0) is 6.54 Å². The molecule has 1 saturated carbocycles. The molecule has 3 aromatic carbocycles. The molecule has 206 valence electrons. The molecule has 1 aromatic heterocycles. The fourth-order valence-electron chi connectivity index (χ4n) is 4.24. The van der Waals surface area contributed by atoms with E-state index < -0.39 is 24.1 Å². The minimum absolute atomic E-state index is 0.0982. The molecule has 0 unspecified atom stereocenters. The fraction of sp³-hybridized carbons (Fsp3) is 0.207. The van der Waals surface area contributed by atoms with Crippen molar-refractivity contribution in [3.63, 3.8) is 0 Å². The molecule has 40 heavy (non-hydrogen) atoms. The molecular formula is C29H25F3N4O4. The van der Waals surface area contributed by atoms with Crippen molar-refractivity contribution >= 4 is 17.6 Å². The molecular weight excluding hydrogens is 525 g/mol. The quantitative estimate of drug-likeness (QED) is 0.233. The monoisotopic (exact) mass is 550 g/mol. The zero-order valence-electron chi connectivity index (χ0n) is 21.3. The maximum Gasteiger partial charge on any atom is 0.573 e. The van der Waals surface area contributed by atoms with Gasteiger partial charge in [0.25, 0.3) is 5.91 Å². The topological polar surface area (TPSA) is 105 Å². The summed E-state index contributed by atoms with van der Waals surface area (Å²) in [6.45, 7) is 2.30. The molecule has 1 aliphatic rings. The van der Waals surface area contributed by atoms with Crippen LogP contribution in [0.4, 0.5) is 23.7 Å². The SMILES string of the molecule is Cc1ccccc1CNC(=O)n1nc(-c2cc(NC(=O)c3ccc(OC(F)(F)F)cc3)ccc2O)cc1C1CC1. The second kappa shape index (κ2) is 10.8. The lowest BCUT2D eigenvalue weighted by atomic mass is 10.1. The number of aromatic hydroxyl groups is 1. The van der Waals surface area contributed by atoms with Crippen LogP contribution >= 0.6 is 0 Å². The van der Waals surface area contributed by atoms with Crippen molar-refractivity contribution in [2.75, 3.05) is 5.32 Å². The standard InChI is InChI=1S/C29H25F3N4O4/c1-17-4-2-3-5-20(17)16-33-28(39)36-25(18-6-7-18)15-24(35-36)23-14-21(10-13-26(23)37)34-27(38)19-8-11-22(12-9-19)40-29(30,31)32/h2-5,8-15,18,37H,6-7,16H2,1H3,(H,33,39)(H,34,38). The summed E-state index contributed by atoms with van der Waals surface area (Å²) >= 11 is 0. The van der Waals surface area contributed by atoms with Gasteiger partial charge in [-0.25, -0.2) is 4.79 Å². The van der Waals surface area contributed by atoms with Gasteiger partial charge < -0.3 is 20.5 Å². The second-order valence-corrected chi connectivity index (χ2v) is 9.48. The van der Waals surface area contributed by atoms with E-state index in [0.717, 1.165) is 41.8 Å². The third-order valence-corrected chi connectivity index (χ3v) is 6.50. The Bertz CT molecular complexity index is 1560. The summed E-state index contributed by atoms with van der Waals surface area (Å²) in [6.07, 6.45) is -2.99. The smallest absolute Gasteiger partial charge is 0.507 e. The van der Waals surface area contributed by atoms with Crippen LogP contribution in [0.5, 0.6) is 11.5 Å². The van der Waals surface area contributed by atoms with Crippen LogP contribution in [0.3, 0.4) is 0 Å². The number of ether oxygens (including phenoxy) is 1. The average Bonchev–Trinajstić information content (AvgIpc) is 3.66. The lowest BCUT2D eigenvalue weighted by Gasteiger charge is -2.10. The molecule has 0 radical (unpaired) electrons. The minimum atomic E-state index is -4.83. The van der Waals surface area contributed by atoms with Crippen LogP contribution in [0, 0.1) is 6.92 Å². The van der Waals surface area contributed by atoms with Crippen LogP contribution in [0.2, 0.25) is 0 Å². The largest absolute Gasteiger partial charge is 0.573 e. The van der Waals surface area contributed by atoms with Crippen molar-refractivity contribution < 1.29 is 32.6 Å². The van der Waals surface area contributed by atoms with E-state index in [-0.39, 0.29) is 17.2 Å². The molecule has 0 saturated heterocycles. The van der Waals surface area contributed by atoms with E-state index in [1.54, 1.807) is 6.07 Å². The van der Waals surface area contributed by atoms with Crippen molar-refractivity contribution in [3.05, 3.63) is 95.2 Å². The summed E-state index contributed by atoms with van der Waals surface area (Å²) in [6, 6.07) is 18.0. The van der Waals surface area contributed by atoms with Crippen LogP contribution < -0.4 is 15.4 Å². The zero-order valence-corrected chi connectivity index (χ0v) is 21.3. The number of halogens is 3. The highest BCUT2D eigenvalue weighted by molar-refractivity contribution is 6.04. The van der Waals surface area contributed by atoms with Gasteiger partial charge in [0.05, 0.1) is 11.4 Å². The molecule has 4 aromatic rings. The number of phenolic OH excluding ortho intramolecular Hbond substituents is 1. The van der Waals surface area contributed by atoms with Gasteiger partial charge in [-0.15, -0.1) is 13.2 Å². The predicted octanol–water partition coefficient (Wildman–Crippen LogP) is 6.35. The molecule has 0 spiro atoms. The molecule has 1 aliphatic carbocycles. The molecule has 5 rings (SSSR count). The summed E-state index contributed by atoms with van der Waals surface area (Å²) in [5, 5.41) is 20.6. The lowest BCUT2D eigenvalue weighted by Crippen LogP contribution is -2.30. The van der Waals surface area contributed by atoms with Crippen molar-refractivity contribution in [2.24, 2.45) is 0 Å². The molecule has 1 fully saturated rings. The number of hydrogen-bond donors (Lipinski definition) is 3. The first-order chi connectivity index (χ1) is 19.1. The van der Waals surface area contributed by atoms with Gasteiger partial charge >= 0.3 is 12.4 Å². The van der Waals surface area contributed by atoms with Crippen molar-refractivity contribution in [3.8, 4) is 22.8 Å². The molecule has 1 heterocycles. The normalized spacial score (nSPS) is 13.1. The van der Waals surface area contributed by atoms with E-state index in [1.165, 1.54) is 35.0 Å². The Kier molecular flexibility index (Phi) is 7.20. The van der Waals surface area contributed by atoms with Crippen LogP contribution in [-0.4, -0.2) is 33.2 Å². The van der Waals surface area contributed by atoms with E-state index in [0.29, 0.717) is 23.5 Å². The van der Waals surface area contributed by atoms with Crippen LogP contribution in [0.15, 0.2) is 72.8 Å². The number of aromatic nitrogens is 2. The van der Waals surface area contributed by atoms with Gasteiger partial charge in [0.15, 0.2) is 0 Å². The van der Waals surface area contributed by atoms with Crippen LogP contribution in [0.1, 0.15) is 45.9 Å². The van der Waals surface area contributed by atoms with E-state index in [4.69, 9.17) is 0 Å². The number of amides is 2. The van der Waals surface area contributed by atoms with Gasteiger partial charge in [-0.3, -0.25) is 4.79 Å². The Balaban J connectivity index is 1.34. The van der Waals surface area contributed by atoms with Crippen molar-refractivity contribution in [1.82, 2.24) is 15.1 Å². The van der Waals surface area contributed by atoms with E-state index in [9.17, 15) is 27.9 Å². The van der Waals surface area contributed by atoms with Gasteiger partial charge in [-0.05, 0) is 79.4 Å². The number of phenols is 1. The summed E-state index contributed by atoms with van der Waals surface area (Å²) in [5.74, 6) is -0.935. The molecule has 0 bridgehead atoms. The Morgan fingerprint density at radius 1 is 1.05 bits per heavy atom. The molecule has 3 N–H and O–H groups in total. The maximum atomic E-state index is 13.1. The van der Waals surface area contributed by atoms with Gasteiger partial charge in [0.2, 0.25) is 0 Å². The minimum Gasteiger partial charge on any atom is -0.507 e. The number of anilines is 1. The van der Waals surface area contributed by atoms with Crippen LogP contribution in [0.25, 0.3) is 11.3 Å². The lowest BCUT2D eigenvalue weighted by molar-refractivity contribution is -0.274. The number of hydrogen-bond acceptors (Lipinski definition) is 5. The summed E-state index contributed by atoms with van der Waals surface area (Å²) < 4.78 is 42.3. The number of alkyl halides is 3. The summed E-state index contributed by atoms with van der Waals surface area (Å²) in [4.78, 5) is 25.8. The summed E-state index contributed by atoms with van der Waals surface area (Å²) in [5.41, 5.74) is 3.86. The molecule has 0 atom stereocenters. The van der Waals surface area contributed by atoms with Gasteiger partial charge in [-0.1, -0.05) is 24.3 Å². The highest BCUT2D eigenvalue weighted by atomic mass is 19.4. The third kappa shape index (κ3) is 6.25. The molecule has 0 aliphatic heterocycles. The Morgan fingerprint density at radius 2 is 1.77 bits per heavy atom. The Labute approximate surface area is 227 Å². The first-order valence-electron chi connectivity index (χ1n) is 12.5. The first-order valence-corrected chi connectivity index (χ1v) is 12.5. The molecule has 8 nitrogen and oxygen atoms in total. The third-order valence-electron chi connectivity index (χ3n) is 6.50. The number of nitrogens with zero attached hydrogens (tertiary/aromatic N) is 2. The zero-order chi connectivity index (χ0) is 28.4. The van der Waals surface area contributed by atoms with E-state index in [2.05, 4.69) is 20.5 Å². The first kappa shape index (κ1) is 26.8. The number of carbonyl (C=O) groups is 2. The van der Waals surface area contributed by atoms with E-state index in [1.807, 2.05) is 31.2 Å². The van der Waals surface area contributed by atoms with Crippen molar-refractivity contribution in [2.45, 2.75) is 38.6 Å². The average molecular weight is 551 g/mol. The number of benzene rings is 3. The Hall–Kier alpha value is -4.80. The van der Waals surface area contributed by atoms with Gasteiger partial charge in [0.1, 0.15) is 11.5 Å². The van der Waals surface area contributed by atoms with Gasteiger partial charge in [0, 0.05) is 29.3 Å². The Morgan fingerprint density at radius 3 is 2.45 bits per heavy atom. The molecule has 11 heteroatoms. The number of carbonyl (C=O) groups excluding carboxylic acids is 2. The number of nitrogens with one attached hydrogen (secondary N) is 2. The number of aryl methyl sites for hydroxylation is 1. The van der Waals surface area contributed by atoms with Gasteiger partial charge in [-0.2, -0.15) is 9.78 Å². The van der Waals surface area contributed by atoms with E-state index >= 15 is 0 Å². The number of rotatable bonds is 7. The maximum absolute atomic E-state index is 13.1.